The number of esters is 1. The van der Waals surface area contributed by atoms with Crippen molar-refractivity contribution in [2.24, 2.45) is 4.99 Å². The van der Waals surface area contributed by atoms with Crippen LogP contribution in [-0.2, 0) is 4.74 Å². The second kappa shape index (κ2) is 12.5. The quantitative estimate of drug-likeness (QED) is 0.173. The van der Waals surface area contributed by atoms with Crippen LogP contribution in [-0.4, -0.2) is 55.6 Å². The molecule has 1 heterocycles. The van der Waals surface area contributed by atoms with Crippen LogP contribution in [0, 0.1) is 0 Å². The molecule has 2 aromatic rings. The molecule has 0 fully saturated rings. The molecule has 0 bridgehead atoms. The summed E-state index contributed by atoms with van der Waals surface area (Å²) < 4.78 is 12.0. The number of anilines is 1. The Bertz CT molecular complexity index is 1390. The van der Waals surface area contributed by atoms with Crippen LogP contribution < -0.4 is 10.3 Å². The second-order valence-corrected chi connectivity index (χ2v) is 8.78. The maximum atomic E-state index is 13.1. The number of hydrogen-bond donors (Lipinski definition) is 2. The van der Waals surface area contributed by atoms with Crippen molar-refractivity contribution >= 4 is 22.6 Å². The molecule has 194 valence electrons. The molecule has 1 aliphatic heterocycles. The maximum Gasteiger partial charge on any atom is 0.338 e. The first kappa shape index (κ1) is 26.4. The number of benzene rings is 3. The highest BCUT2D eigenvalue weighted by Crippen LogP contribution is 2.42. The SMILES string of the molecule is CCCCOC(=O)c1ccccc1-c1c2cc/c(=N\CCO)cc-2oc2cc(N(CC)CCO)ccc12. The van der Waals surface area contributed by atoms with Gasteiger partial charge in [0.05, 0.1) is 37.3 Å². The van der Waals surface area contributed by atoms with Crippen molar-refractivity contribution in [2.75, 3.05) is 44.4 Å². The molecule has 0 amide bonds. The Morgan fingerprint density at radius 1 is 1.00 bits per heavy atom. The van der Waals surface area contributed by atoms with Crippen LogP contribution in [0.1, 0.15) is 37.0 Å². The number of aliphatic hydroxyl groups excluding tert-OH is 2. The van der Waals surface area contributed by atoms with E-state index in [0.29, 0.717) is 42.0 Å². The Morgan fingerprint density at radius 3 is 2.59 bits per heavy atom. The zero-order chi connectivity index (χ0) is 26.2. The summed E-state index contributed by atoms with van der Waals surface area (Å²) >= 11 is 0. The van der Waals surface area contributed by atoms with Gasteiger partial charge in [0.2, 0.25) is 0 Å². The average Bonchev–Trinajstić information content (AvgIpc) is 2.93. The Morgan fingerprint density at radius 2 is 1.84 bits per heavy atom. The standard InChI is InChI=1S/C30H34N2O5/c1-3-5-18-36-30(35)24-9-7-6-8-23(24)29-25-12-10-21(31-14-16-33)19-27(25)37-28-20-22(11-13-26(28)29)32(4-2)15-17-34/h6-13,19-20,33-34H,3-5,14-18H2,1-2H3/b31-21+. The van der Waals surface area contributed by atoms with E-state index in [9.17, 15) is 15.0 Å². The number of carbonyl (C=O) groups is 1. The van der Waals surface area contributed by atoms with Gasteiger partial charge in [-0.1, -0.05) is 31.5 Å². The molecule has 2 N–H and O–H groups in total. The van der Waals surface area contributed by atoms with Gasteiger partial charge >= 0.3 is 5.97 Å². The lowest BCUT2D eigenvalue weighted by molar-refractivity contribution is 0.0500. The normalized spacial score (nSPS) is 11.8. The fourth-order valence-corrected chi connectivity index (χ4v) is 4.49. The smallest absolute Gasteiger partial charge is 0.338 e. The topological polar surface area (TPSA) is 95.5 Å². The predicted octanol–water partition coefficient (Wildman–Crippen LogP) is 4.87. The van der Waals surface area contributed by atoms with Gasteiger partial charge in [0, 0.05) is 47.4 Å². The van der Waals surface area contributed by atoms with E-state index in [1.165, 1.54) is 0 Å². The van der Waals surface area contributed by atoms with Crippen molar-refractivity contribution in [2.45, 2.75) is 26.7 Å². The van der Waals surface area contributed by atoms with Crippen LogP contribution in [0.4, 0.5) is 5.69 Å². The Balaban J connectivity index is 1.97. The molecule has 0 unspecified atom stereocenters. The largest absolute Gasteiger partial charge is 0.462 e. The number of unbranched alkanes of at least 4 members (excludes halogenated alkanes) is 1. The first-order valence-corrected chi connectivity index (χ1v) is 12.9. The summed E-state index contributed by atoms with van der Waals surface area (Å²) in [4.78, 5) is 19.6. The molecule has 7 nitrogen and oxygen atoms in total. The van der Waals surface area contributed by atoms with Gasteiger partial charge < -0.3 is 24.3 Å². The van der Waals surface area contributed by atoms with Crippen molar-refractivity contribution in [1.29, 1.82) is 0 Å². The summed E-state index contributed by atoms with van der Waals surface area (Å²) in [6.45, 7) is 6.05. The summed E-state index contributed by atoms with van der Waals surface area (Å²) in [5.74, 6) is 0.274. The Labute approximate surface area is 217 Å². The number of aliphatic hydroxyl groups is 2. The molecule has 0 spiro atoms. The van der Waals surface area contributed by atoms with Crippen molar-refractivity contribution in [3.8, 4) is 22.5 Å². The molecule has 7 heteroatoms. The minimum absolute atomic E-state index is 0.0350. The van der Waals surface area contributed by atoms with Crippen molar-refractivity contribution in [3.05, 3.63) is 71.6 Å². The van der Waals surface area contributed by atoms with Gasteiger partial charge in [-0.2, -0.15) is 0 Å². The molecular weight excluding hydrogens is 468 g/mol. The van der Waals surface area contributed by atoms with Crippen LogP contribution in [0.15, 0.2) is 70.1 Å². The average molecular weight is 503 g/mol. The predicted molar refractivity (Wildman–Crippen MR) is 146 cm³/mol. The van der Waals surface area contributed by atoms with Crippen LogP contribution in [0.3, 0.4) is 0 Å². The van der Waals surface area contributed by atoms with E-state index in [0.717, 1.165) is 47.2 Å². The van der Waals surface area contributed by atoms with Crippen LogP contribution in [0.5, 0.6) is 0 Å². The second-order valence-electron chi connectivity index (χ2n) is 8.78. The van der Waals surface area contributed by atoms with Crippen molar-refractivity contribution in [3.63, 3.8) is 0 Å². The molecular formula is C30H34N2O5. The number of carbonyl (C=O) groups excluding carboxylic acids is 1. The van der Waals surface area contributed by atoms with E-state index in [2.05, 4.69) is 16.8 Å². The van der Waals surface area contributed by atoms with Gasteiger partial charge in [0.1, 0.15) is 11.3 Å². The number of nitrogens with zero attached hydrogens (tertiary/aromatic N) is 2. The highest BCUT2D eigenvalue weighted by Gasteiger charge is 2.22. The van der Waals surface area contributed by atoms with Gasteiger partial charge in [-0.25, -0.2) is 4.79 Å². The van der Waals surface area contributed by atoms with E-state index in [-0.39, 0.29) is 19.2 Å². The first-order valence-electron chi connectivity index (χ1n) is 12.9. The number of likely N-dealkylation sites (N-methyl/N-ethyl adjacent to an activating group) is 1. The Hall–Kier alpha value is -3.68. The summed E-state index contributed by atoms with van der Waals surface area (Å²) in [5, 5.41) is 20.3. The molecule has 4 rings (SSSR count). The van der Waals surface area contributed by atoms with Gasteiger partial charge in [-0.05, 0) is 49.2 Å². The summed E-state index contributed by atoms with van der Waals surface area (Å²) in [6.07, 6.45) is 1.76. The van der Waals surface area contributed by atoms with Gasteiger partial charge in [-0.15, -0.1) is 0 Å². The molecule has 1 aliphatic carbocycles. The number of fused-ring (bicyclic) bond motifs is 2. The molecule has 0 aromatic heterocycles. The van der Waals surface area contributed by atoms with E-state index in [1.807, 2.05) is 61.5 Å². The van der Waals surface area contributed by atoms with Crippen molar-refractivity contribution < 1.29 is 24.2 Å². The third kappa shape index (κ3) is 5.84. The summed E-state index contributed by atoms with van der Waals surface area (Å²) in [6, 6.07) is 19.2. The highest BCUT2D eigenvalue weighted by atomic mass is 16.5. The minimum atomic E-state index is -0.350. The monoisotopic (exact) mass is 502 g/mol. The highest BCUT2D eigenvalue weighted by molar-refractivity contribution is 6.08. The number of hydrogen-bond acceptors (Lipinski definition) is 7. The van der Waals surface area contributed by atoms with Crippen LogP contribution >= 0.6 is 0 Å². The van der Waals surface area contributed by atoms with Crippen LogP contribution in [0.25, 0.3) is 33.4 Å². The molecule has 0 atom stereocenters. The van der Waals surface area contributed by atoms with Gasteiger partial charge in [-0.3, -0.25) is 4.99 Å². The number of rotatable bonds is 11. The summed E-state index contributed by atoms with van der Waals surface area (Å²) in [5.41, 5.74) is 4.59. The Kier molecular flexibility index (Phi) is 8.93. The molecule has 0 radical (unpaired) electrons. The zero-order valence-corrected chi connectivity index (χ0v) is 21.4. The molecule has 0 saturated carbocycles. The fraction of sp³-hybridized carbons (Fsp3) is 0.333. The first-order chi connectivity index (χ1) is 18.1. The third-order valence-corrected chi connectivity index (χ3v) is 6.35. The molecule has 2 aromatic carbocycles. The van der Waals surface area contributed by atoms with E-state index >= 15 is 0 Å². The maximum absolute atomic E-state index is 13.1. The van der Waals surface area contributed by atoms with E-state index in [1.54, 1.807) is 6.07 Å². The zero-order valence-electron chi connectivity index (χ0n) is 21.4. The van der Waals surface area contributed by atoms with Crippen LogP contribution in [0.2, 0.25) is 0 Å². The molecule has 0 saturated heterocycles. The fourth-order valence-electron chi connectivity index (χ4n) is 4.49. The molecule has 2 aliphatic rings. The lowest BCUT2D eigenvalue weighted by atomic mass is 9.90. The lowest BCUT2D eigenvalue weighted by Gasteiger charge is -2.23. The minimum Gasteiger partial charge on any atom is -0.462 e. The summed E-state index contributed by atoms with van der Waals surface area (Å²) in [7, 11) is 0. The van der Waals surface area contributed by atoms with Crippen molar-refractivity contribution in [1.82, 2.24) is 0 Å². The third-order valence-electron chi connectivity index (χ3n) is 6.35. The van der Waals surface area contributed by atoms with E-state index < -0.39 is 0 Å². The van der Waals surface area contributed by atoms with Gasteiger partial charge in [0.25, 0.3) is 0 Å². The van der Waals surface area contributed by atoms with E-state index in [4.69, 9.17) is 9.15 Å². The lowest BCUT2D eigenvalue weighted by Crippen LogP contribution is -2.25. The van der Waals surface area contributed by atoms with Gasteiger partial charge in [0.15, 0.2) is 0 Å². The molecule has 37 heavy (non-hydrogen) atoms. The number of ether oxygens (including phenoxy) is 1.